The van der Waals surface area contributed by atoms with Gasteiger partial charge in [-0.1, -0.05) is 0 Å². The maximum Gasteiger partial charge on any atom is 0.336 e. The first-order chi connectivity index (χ1) is 7.19. The van der Waals surface area contributed by atoms with Gasteiger partial charge in [-0.15, -0.1) is 0 Å². The highest BCUT2D eigenvalue weighted by Gasteiger charge is 2.40. The fourth-order valence-electron chi connectivity index (χ4n) is 0.714. The van der Waals surface area contributed by atoms with Crippen LogP contribution in [0, 0.1) is 0 Å². The number of hydrogen-bond donors (Lipinski definition) is 8. The molecule has 0 amide bonds. The molecule has 0 aliphatic rings. The van der Waals surface area contributed by atoms with Crippen LogP contribution in [0.3, 0.4) is 0 Å². The second-order valence-corrected chi connectivity index (χ2v) is 2.79. The molecule has 0 unspecified atom stereocenters. The molecule has 0 aliphatic heterocycles. The molecule has 0 aliphatic carbocycles. The Morgan fingerprint density at radius 1 is 0.895 bits per heavy atom. The summed E-state index contributed by atoms with van der Waals surface area (Å²) in [7, 11) is 0. The number of aliphatic hydroxyl groups is 2. The smallest absolute Gasteiger partial charge is 0.336 e. The fourth-order valence-corrected chi connectivity index (χ4v) is 0.714. The van der Waals surface area contributed by atoms with Gasteiger partial charge in [0.25, 0.3) is 0 Å². The summed E-state index contributed by atoms with van der Waals surface area (Å²) in [5, 5.41) is 41.4. The summed E-state index contributed by atoms with van der Waals surface area (Å²) in [5.74, 6) is -5.02. The van der Waals surface area contributed by atoms with Gasteiger partial charge >= 0.3 is 17.9 Å². The molecule has 0 aromatic heterocycles. The SMILES string of the molecule is CCO.N.N.N.O=C(O)CC(O)(CC(=O)O)C(=O)O. The normalized spacial score (nSPS) is 8.37. The van der Waals surface area contributed by atoms with Crippen LogP contribution in [0.4, 0.5) is 0 Å². The Labute approximate surface area is 109 Å². The van der Waals surface area contributed by atoms with E-state index in [2.05, 4.69) is 0 Å². The molecule has 0 aromatic rings. The molecule has 14 N–H and O–H groups in total. The van der Waals surface area contributed by atoms with Crippen LogP contribution in [0.2, 0.25) is 0 Å². The highest BCUT2D eigenvalue weighted by molar-refractivity contribution is 5.88. The van der Waals surface area contributed by atoms with Crippen LogP contribution in [0.5, 0.6) is 0 Å². The molecule has 0 rings (SSSR count). The van der Waals surface area contributed by atoms with Gasteiger partial charge in [-0.25, -0.2) is 4.79 Å². The molecule has 11 nitrogen and oxygen atoms in total. The van der Waals surface area contributed by atoms with E-state index in [-0.39, 0.29) is 25.1 Å². The van der Waals surface area contributed by atoms with Crippen LogP contribution in [0.1, 0.15) is 19.8 Å². The third kappa shape index (κ3) is 16.2. The minimum absolute atomic E-state index is 0. The third-order valence-corrected chi connectivity index (χ3v) is 1.29. The van der Waals surface area contributed by atoms with E-state index < -0.39 is 36.4 Å². The standard InChI is InChI=1S/C6H8O7.C2H6O.3H3N/c7-3(8)1-6(13,5(11)12)2-4(9)10;1-2-3;;;/h13H,1-2H2,(H,7,8)(H,9,10)(H,11,12);3H,2H2,1H3;3*1H3. The van der Waals surface area contributed by atoms with E-state index >= 15 is 0 Å². The zero-order chi connectivity index (χ0) is 13.4. The molecule has 11 heteroatoms. The van der Waals surface area contributed by atoms with Crippen molar-refractivity contribution in [3.8, 4) is 0 Å². The van der Waals surface area contributed by atoms with E-state index in [0.717, 1.165) is 0 Å². The molecule has 19 heavy (non-hydrogen) atoms. The Morgan fingerprint density at radius 3 is 1.21 bits per heavy atom. The second kappa shape index (κ2) is 14.3. The van der Waals surface area contributed by atoms with Crippen LogP contribution >= 0.6 is 0 Å². The van der Waals surface area contributed by atoms with Gasteiger partial charge in [0.15, 0.2) is 5.60 Å². The average Bonchev–Trinajstić information content (AvgIpc) is 2.01. The average molecular weight is 289 g/mol. The van der Waals surface area contributed by atoms with Crippen molar-refractivity contribution in [1.82, 2.24) is 18.5 Å². The summed E-state index contributed by atoms with van der Waals surface area (Å²) in [4.78, 5) is 30.5. The maximum atomic E-state index is 10.3. The number of carboxylic acid groups (broad SMARTS) is 3. The van der Waals surface area contributed by atoms with E-state index in [1.54, 1.807) is 6.92 Å². The van der Waals surface area contributed by atoms with Gasteiger partial charge in [0.1, 0.15) is 0 Å². The fraction of sp³-hybridized carbons (Fsp3) is 0.625. The predicted molar refractivity (Wildman–Crippen MR) is 64.9 cm³/mol. The van der Waals surface area contributed by atoms with Crippen molar-refractivity contribution < 1.29 is 39.9 Å². The van der Waals surface area contributed by atoms with Gasteiger partial charge < -0.3 is 44.0 Å². The number of hydrogen-bond acceptors (Lipinski definition) is 8. The summed E-state index contributed by atoms with van der Waals surface area (Å²) in [6.45, 7) is 1.93. The highest BCUT2D eigenvalue weighted by atomic mass is 16.4. The lowest BCUT2D eigenvalue weighted by Gasteiger charge is -2.18. The molecule has 0 atom stereocenters. The van der Waals surface area contributed by atoms with Crippen molar-refractivity contribution in [2.24, 2.45) is 0 Å². The Bertz CT molecular complexity index is 255. The predicted octanol–water partition coefficient (Wildman–Crippen LogP) is -0.764. The first kappa shape index (κ1) is 30.3. The molecule has 0 radical (unpaired) electrons. The number of aliphatic carboxylic acids is 3. The van der Waals surface area contributed by atoms with Gasteiger partial charge in [-0.05, 0) is 6.92 Å². The Balaban J connectivity index is -0.0000000992. The summed E-state index contributed by atoms with van der Waals surface area (Å²) < 4.78 is 0. The number of carbonyl (C=O) groups is 3. The maximum absolute atomic E-state index is 10.3. The lowest BCUT2D eigenvalue weighted by atomic mass is 9.96. The minimum atomic E-state index is -2.74. The van der Waals surface area contributed by atoms with E-state index in [1.165, 1.54) is 0 Å². The molecule has 0 bridgehead atoms. The molecule has 0 saturated carbocycles. The van der Waals surface area contributed by atoms with E-state index in [4.69, 9.17) is 25.5 Å². The Hall–Kier alpha value is -1.79. The Kier molecular flexibility index (Phi) is 22.8. The highest BCUT2D eigenvalue weighted by Crippen LogP contribution is 2.15. The van der Waals surface area contributed by atoms with E-state index in [1.807, 2.05) is 0 Å². The lowest BCUT2D eigenvalue weighted by Crippen LogP contribution is -2.42. The van der Waals surface area contributed by atoms with Crippen molar-refractivity contribution >= 4 is 17.9 Å². The van der Waals surface area contributed by atoms with Crippen LogP contribution < -0.4 is 18.5 Å². The summed E-state index contributed by atoms with van der Waals surface area (Å²) in [6.07, 6.45) is -2.29. The van der Waals surface area contributed by atoms with Gasteiger partial charge in [0.2, 0.25) is 0 Å². The quantitative estimate of drug-likeness (QED) is 0.311. The van der Waals surface area contributed by atoms with E-state index in [0.29, 0.717) is 0 Å². The van der Waals surface area contributed by atoms with Crippen molar-refractivity contribution in [2.45, 2.75) is 25.4 Å². The number of aliphatic hydroxyl groups excluding tert-OH is 1. The molecule has 118 valence electrons. The minimum Gasteiger partial charge on any atom is -0.481 e. The van der Waals surface area contributed by atoms with Gasteiger partial charge in [0.05, 0.1) is 12.8 Å². The van der Waals surface area contributed by atoms with Crippen LogP contribution in [0.15, 0.2) is 0 Å². The number of carboxylic acids is 3. The van der Waals surface area contributed by atoms with Crippen molar-refractivity contribution in [3.63, 3.8) is 0 Å². The van der Waals surface area contributed by atoms with Crippen molar-refractivity contribution in [1.29, 1.82) is 0 Å². The molecule has 0 fully saturated rings. The number of rotatable bonds is 5. The largest absolute Gasteiger partial charge is 0.481 e. The van der Waals surface area contributed by atoms with Crippen LogP contribution in [-0.4, -0.2) is 55.6 Å². The third-order valence-electron chi connectivity index (χ3n) is 1.29. The van der Waals surface area contributed by atoms with E-state index in [9.17, 15) is 14.4 Å². The zero-order valence-electron chi connectivity index (χ0n) is 10.7. The zero-order valence-corrected chi connectivity index (χ0v) is 10.7. The summed E-state index contributed by atoms with van der Waals surface area (Å²) in [5.41, 5.74) is -2.74. The van der Waals surface area contributed by atoms with Gasteiger partial charge in [0, 0.05) is 6.61 Å². The van der Waals surface area contributed by atoms with Gasteiger partial charge in [-0.2, -0.15) is 0 Å². The monoisotopic (exact) mass is 289 g/mol. The first-order valence-corrected chi connectivity index (χ1v) is 4.19. The topological polar surface area (TPSA) is 257 Å². The molecule has 0 spiro atoms. The molecular weight excluding hydrogens is 266 g/mol. The second-order valence-electron chi connectivity index (χ2n) is 2.79. The Morgan fingerprint density at radius 2 is 1.11 bits per heavy atom. The van der Waals surface area contributed by atoms with Crippen molar-refractivity contribution in [3.05, 3.63) is 0 Å². The lowest BCUT2D eigenvalue weighted by molar-refractivity contribution is -0.170. The van der Waals surface area contributed by atoms with Crippen LogP contribution in [0.25, 0.3) is 0 Å². The molecule has 0 aromatic carbocycles. The molecular formula is C8H23N3O8. The molecule has 0 heterocycles. The van der Waals surface area contributed by atoms with Crippen LogP contribution in [-0.2, 0) is 14.4 Å². The van der Waals surface area contributed by atoms with Crippen molar-refractivity contribution in [2.75, 3.05) is 6.61 Å². The molecule has 0 saturated heterocycles. The summed E-state index contributed by atoms with van der Waals surface area (Å²) >= 11 is 0. The first-order valence-electron chi connectivity index (χ1n) is 4.19. The summed E-state index contributed by atoms with van der Waals surface area (Å²) in [6, 6.07) is 0. The van der Waals surface area contributed by atoms with Gasteiger partial charge in [-0.3, -0.25) is 9.59 Å².